The van der Waals surface area contributed by atoms with Crippen molar-refractivity contribution in [3.63, 3.8) is 0 Å². The van der Waals surface area contributed by atoms with E-state index in [0.29, 0.717) is 17.8 Å². The van der Waals surface area contributed by atoms with Crippen LogP contribution in [0.4, 0.5) is 0 Å². The molecule has 1 aromatic heterocycles. The minimum absolute atomic E-state index is 0.0102. The fourth-order valence-electron chi connectivity index (χ4n) is 3.73. The quantitative estimate of drug-likeness (QED) is 0.848. The SMILES string of the molecule is CCN1CCCC1C1CCCN1C(=O)c1cc(C)no1. The van der Waals surface area contributed by atoms with Crippen molar-refractivity contribution in [2.24, 2.45) is 0 Å². The molecule has 5 heteroatoms. The molecule has 2 aliphatic heterocycles. The number of carbonyl (C=O) groups excluding carboxylic acids is 1. The number of nitrogens with zero attached hydrogens (tertiary/aromatic N) is 3. The van der Waals surface area contributed by atoms with Gasteiger partial charge in [0.2, 0.25) is 5.76 Å². The molecule has 0 saturated carbocycles. The first-order chi connectivity index (χ1) is 9.70. The minimum atomic E-state index is 0.0102. The second kappa shape index (κ2) is 5.56. The van der Waals surface area contributed by atoms with E-state index in [9.17, 15) is 4.79 Å². The predicted molar refractivity (Wildman–Crippen MR) is 75.6 cm³/mol. The third-order valence-corrected chi connectivity index (χ3v) is 4.66. The van der Waals surface area contributed by atoms with Crippen LogP contribution in [0, 0.1) is 6.92 Å². The molecule has 2 atom stereocenters. The lowest BCUT2D eigenvalue weighted by molar-refractivity contribution is 0.0609. The summed E-state index contributed by atoms with van der Waals surface area (Å²) in [5, 5.41) is 3.83. The summed E-state index contributed by atoms with van der Waals surface area (Å²) in [4.78, 5) is 17.1. The van der Waals surface area contributed by atoms with Crippen molar-refractivity contribution in [3.8, 4) is 0 Å². The number of amides is 1. The Morgan fingerprint density at radius 1 is 1.35 bits per heavy atom. The van der Waals surface area contributed by atoms with Gasteiger partial charge in [-0.3, -0.25) is 9.69 Å². The fourth-order valence-corrected chi connectivity index (χ4v) is 3.73. The van der Waals surface area contributed by atoms with Crippen molar-refractivity contribution in [2.45, 2.75) is 51.6 Å². The fraction of sp³-hybridized carbons (Fsp3) is 0.733. The molecule has 2 saturated heterocycles. The van der Waals surface area contributed by atoms with Crippen LogP contribution in [0.2, 0.25) is 0 Å². The summed E-state index contributed by atoms with van der Waals surface area (Å²) in [5.41, 5.74) is 0.764. The summed E-state index contributed by atoms with van der Waals surface area (Å²) in [6.07, 6.45) is 4.66. The van der Waals surface area contributed by atoms with Crippen LogP contribution in [-0.4, -0.2) is 52.6 Å². The summed E-state index contributed by atoms with van der Waals surface area (Å²) in [6, 6.07) is 2.61. The first kappa shape index (κ1) is 13.6. The highest BCUT2D eigenvalue weighted by Crippen LogP contribution is 2.30. The van der Waals surface area contributed by atoms with E-state index in [-0.39, 0.29) is 5.91 Å². The van der Waals surface area contributed by atoms with Gasteiger partial charge in [-0.05, 0) is 45.7 Å². The summed E-state index contributed by atoms with van der Waals surface area (Å²) < 4.78 is 5.15. The lowest BCUT2D eigenvalue weighted by Gasteiger charge is -2.34. The van der Waals surface area contributed by atoms with Gasteiger partial charge in [-0.25, -0.2) is 0 Å². The number of aryl methyl sites for hydroxylation is 1. The molecule has 0 bridgehead atoms. The predicted octanol–water partition coefficient (Wildman–Crippen LogP) is 2.07. The molecule has 20 heavy (non-hydrogen) atoms. The molecule has 3 rings (SSSR count). The Labute approximate surface area is 119 Å². The van der Waals surface area contributed by atoms with Crippen molar-refractivity contribution < 1.29 is 9.32 Å². The van der Waals surface area contributed by atoms with Gasteiger partial charge in [-0.1, -0.05) is 12.1 Å². The highest BCUT2D eigenvalue weighted by molar-refractivity contribution is 5.92. The third-order valence-electron chi connectivity index (χ3n) is 4.66. The normalized spacial score (nSPS) is 27.4. The van der Waals surface area contributed by atoms with Crippen molar-refractivity contribution in [3.05, 3.63) is 17.5 Å². The van der Waals surface area contributed by atoms with Gasteiger partial charge in [0.1, 0.15) is 0 Å². The molecule has 2 unspecified atom stereocenters. The van der Waals surface area contributed by atoms with E-state index in [1.165, 1.54) is 19.4 Å². The Hall–Kier alpha value is -1.36. The van der Waals surface area contributed by atoms with Crippen molar-refractivity contribution in [1.29, 1.82) is 0 Å². The van der Waals surface area contributed by atoms with Gasteiger partial charge in [0, 0.05) is 24.7 Å². The molecule has 0 aliphatic carbocycles. The minimum Gasteiger partial charge on any atom is -0.351 e. The smallest absolute Gasteiger partial charge is 0.292 e. The van der Waals surface area contributed by atoms with E-state index < -0.39 is 0 Å². The van der Waals surface area contributed by atoms with Gasteiger partial charge < -0.3 is 9.42 Å². The van der Waals surface area contributed by atoms with Crippen LogP contribution in [0.3, 0.4) is 0 Å². The van der Waals surface area contributed by atoms with Crippen LogP contribution in [0.1, 0.15) is 48.9 Å². The molecular formula is C15H23N3O2. The van der Waals surface area contributed by atoms with Gasteiger partial charge >= 0.3 is 0 Å². The number of likely N-dealkylation sites (tertiary alicyclic amines) is 2. The van der Waals surface area contributed by atoms with Gasteiger partial charge in [-0.2, -0.15) is 0 Å². The zero-order valence-electron chi connectivity index (χ0n) is 12.3. The summed E-state index contributed by atoms with van der Waals surface area (Å²) in [7, 11) is 0. The highest BCUT2D eigenvalue weighted by Gasteiger charge is 2.40. The van der Waals surface area contributed by atoms with E-state index in [4.69, 9.17) is 4.52 Å². The Bertz CT molecular complexity index is 485. The number of aromatic nitrogens is 1. The standard InChI is InChI=1S/C15H23N3O2/c1-3-17-8-4-6-12(17)13-7-5-9-18(13)15(19)14-10-11(2)16-20-14/h10,12-13H,3-9H2,1-2H3. The summed E-state index contributed by atoms with van der Waals surface area (Å²) >= 11 is 0. The van der Waals surface area contributed by atoms with Crippen LogP contribution in [0.15, 0.2) is 10.6 Å². The van der Waals surface area contributed by atoms with E-state index in [1.54, 1.807) is 6.07 Å². The molecular weight excluding hydrogens is 254 g/mol. The lowest BCUT2D eigenvalue weighted by Crippen LogP contribution is -2.48. The Kier molecular flexibility index (Phi) is 3.78. The maximum absolute atomic E-state index is 12.6. The zero-order chi connectivity index (χ0) is 14.1. The molecule has 0 radical (unpaired) electrons. The van der Waals surface area contributed by atoms with E-state index in [1.807, 2.05) is 11.8 Å². The topological polar surface area (TPSA) is 49.6 Å². The second-order valence-electron chi connectivity index (χ2n) is 5.88. The summed E-state index contributed by atoms with van der Waals surface area (Å²) in [6.45, 7) is 7.14. The average molecular weight is 277 g/mol. The Morgan fingerprint density at radius 2 is 2.10 bits per heavy atom. The largest absolute Gasteiger partial charge is 0.351 e. The molecule has 5 nitrogen and oxygen atoms in total. The average Bonchev–Trinajstić information content (AvgIpc) is 3.16. The van der Waals surface area contributed by atoms with E-state index in [2.05, 4.69) is 17.0 Å². The molecule has 2 aliphatic rings. The van der Waals surface area contributed by atoms with Crippen LogP contribution < -0.4 is 0 Å². The molecule has 0 N–H and O–H groups in total. The van der Waals surface area contributed by atoms with Crippen LogP contribution in [0.5, 0.6) is 0 Å². The lowest BCUT2D eigenvalue weighted by atomic mass is 10.0. The molecule has 110 valence electrons. The van der Waals surface area contributed by atoms with Gasteiger partial charge in [0.25, 0.3) is 5.91 Å². The van der Waals surface area contributed by atoms with Crippen LogP contribution >= 0.6 is 0 Å². The molecule has 0 spiro atoms. The molecule has 0 aromatic carbocycles. The maximum Gasteiger partial charge on any atom is 0.292 e. The van der Waals surface area contributed by atoms with Gasteiger partial charge in [0.15, 0.2) is 0 Å². The second-order valence-corrected chi connectivity index (χ2v) is 5.88. The molecule has 1 amide bonds. The highest BCUT2D eigenvalue weighted by atomic mass is 16.5. The monoisotopic (exact) mass is 277 g/mol. The van der Waals surface area contributed by atoms with Crippen LogP contribution in [0.25, 0.3) is 0 Å². The van der Waals surface area contributed by atoms with Crippen molar-refractivity contribution in [1.82, 2.24) is 15.0 Å². The van der Waals surface area contributed by atoms with Crippen molar-refractivity contribution >= 4 is 5.91 Å². The van der Waals surface area contributed by atoms with Crippen LogP contribution in [-0.2, 0) is 0 Å². The number of likely N-dealkylation sites (N-methyl/N-ethyl adjacent to an activating group) is 1. The number of hydrogen-bond acceptors (Lipinski definition) is 4. The summed E-state index contributed by atoms with van der Waals surface area (Å²) in [5.74, 6) is 0.395. The van der Waals surface area contributed by atoms with E-state index >= 15 is 0 Å². The van der Waals surface area contributed by atoms with Gasteiger partial charge in [-0.15, -0.1) is 0 Å². The first-order valence-corrected chi connectivity index (χ1v) is 7.69. The Balaban J connectivity index is 1.77. The maximum atomic E-state index is 12.6. The molecule has 2 fully saturated rings. The van der Waals surface area contributed by atoms with E-state index in [0.717, 1.165) is 31.6 Å². The van der Waals surface area contributed by atoms with Crippen molar-refractivity contribution in [2.75, 3.05) is 19.6 Å². The number of hydrogen-bond donors (Lipinski definition) is 0. The Morgan fingerprint density at radius 3 is 2.80 bits per heavy atom. The number of carbonyl (C=O) groups is 1. The third kappa shape index (κ3) is 2.35. The number of rotatable bonds is 3. The van der Waals surface area contributed by atoms with Gasteiger partial charge in [0.05, 0.1) is 5.69 Å². The molecule has 3 heterocycles. The first-order valence-electron chi connectivity index (χ1n) is 7.69. The molecule has 1 aromatic rings. The zero-order valence-corrected chi connectivity index (χ0v) is 12.3.